The molecule has 0 aliphatic carbocycles. The van der Waals surface area contributed by atoms with Crippen LogP contribution in [0.15, 0.2) is 47.1 Å². The van der Waals surface area contributed by atoms with E-state index < -0.39 is 11.9 Å². The zero-order valence-corrected chi connectivity index (χ0v) is 12.6. The standard InChI is InChI=1S/C15H15BrN2O2/c1-10(15(19)20)12-7-13(16)14(18-9-12)17-8-11-5-3-2-4-6-11/h2-7,9-10H,8H2,1H3,(H,17,18)(H,19,20). The summed E-state index contributed by atoms with van der Waals surface area (Å²) < 4.78 is 0.763. The summed E-state index contributed by atoms with van der Waals surface area (Å²) >= 11 is 3.42. The molecule has 0 saturated carbocycles. The van der Waals surface area contributed by atoms with Gasteiger partial charge in [-0.05, 0) is 40.0 Å². The van der Waals surface area contributed by atoms with Crippen molar-refractivity contribution in [2.75, 3.05) is 5.32 Å². The van der Waals surface area contributed by atoms with Crippen molar-refractivity contribution in [1.29, 1.82) is 0 Å². The Labute approximate surface area is 126 Å². The van der Waals surface area contributed by atoms with E-state index in [1.165, 1.54) is 0 Å². The predicted molar refractivity (Wildman–Crippen MR) is 81.8 cm³/mol. The van der Waals surface area contributed by atoms with Crippen molar-refractivity contribution in [3.05, 3.63) is 58.2 Å². The van der Waals surface area contributed by atoms with Gasteiger partial charge < -0.3 is 10.4 Å². The third-order valence-electron chi connectivity index (χ3n) is 3.04. The van der Waals surface area contributed by atoms with Crippen LogP contribution >= 0.6 is 15.9 Å². The average molecular weight is 335 g/mol. The third-order valence-corrected chi connectivity index (χ3v) is 3.64. The molecule has 0 aliphatic heterocycles. The number of carboxylic acid groups (broad SMARTS) is 1. The number of carbonyl (C=O) groups is 1. The first kappa shape index (κ1) is 14.5. The number of hydrogen-bond acceptors (Lipinski definition) is 3. The molecule has 0 aliphatic rings. The molecule has 0 saturated heterocycles. The summed E-state index contributed by atoms with van der Waals surface area (Å²) in [6.07, 6.45) is 1.59. The van der Waals surface area contributed by atoms with Crippen molar-refractivity contribution in [2.24, 2.45) is 0 Å². The minimum absolute atomic E-state index is 0.568. The van der Waals surface area contributed by atoms with E-state index in [1.54, 1.807) is 19.2 Å². The van der Waals surface area contributed by atoms with Crippen molar-refractivity contribution < 1.29 is 9.90 Å². The van der Waals surface area contributed by atoms with E-state index >= 15 is 0 Å². The van der Waals surface area contributed by atoms with Gasteiger partial charge in [0.1, 0.15) is 5.82 Å². The number of anilines is 1. The topological polar surface area (TPSA) is 62.2 Å². The van der Waals surface area contributed by atoms with E-state index in [0.717, 1.165) is 10.0 Å². The van der Waals surface area contributed by atoms with Gasteiger partial charge in [-0.2, -0.15) is 0 Å². The number of aliphatic carboxylic acids is 1. The molecule has 0 fully saturated rings. The largest absolute Gasteiger partial charge is 0.481 e. The molecule has 4 nitrogen and oxygen atoms in total. The normalized spacial score (nSPS) is 11.9. The highest BCUT2D eigenvalue weighted by molar-refractivity contribution is 9.10. The van der Waals surface area contributed by atoms with E-state index in [9.17, 15) is 4.79 Å². The maximum Gasteiger partial charge on any atom is 0.310 e. The molecule has 104 valence electrons. The summed E-state index contributed by atoms with van der Waals surface area (Å²) in [4.78, 5) is 15.2. The van der Waals surface area contributed by atoms with Gasteiger partial charge in [-0.15, -0.1) is 0 Å². The molecule has 0 amide bonds. The molecule has 20 heavy (non-hydrogen) atoms. The number of aromatic nitrogens is 1. The van der Waals surface area contributed by atoms with Crippen molar-refractivity contribution in [3.8, 4) is 0 Å². The smallest absolute Gasteiger partial charge is 0.310 e. The van der Waals surface area contributed by atoms with Gasteiger partial charge in [-0.3, -0.25) is 4.79 Å². The zero-order chi connectivity index (χ0) is 14.5. The van der Waals surface area contributed by atoms with E-state index in [2.05, 4.69) is 26.2 Å². The number of nitrogens with one attached hydrogen (secondary N) is 1. The van der Waals surface area contributed by atoms with Gasteiger partial charge in [0.2, 0.25) is 0 Å². The molecule has 2 aromatic rings. The van der Waals surface area contributed by atoms with Crippen LogP contribution in [-0.2, 0) is 11.3 Å². The first-order valence-corrected chi connectivity index (χ1v) is 7.03. The van der Waals surface area contributed by atoms with Crippen LogP contribution in [0.4, 0.5) is 5.82 Å². The average Bonchev–Trinajstić information content (AvgIpc) is 2.46. The molecular formula is C15H15BrN2O2. The van der Waals surface area contributed by atoms with Crippen LogP contribution in [-0.4, -0.2) is 16.1 Å². The summed E-state index contributed by atoms with van der Waals surface area (Å²) in [7, 11) is 0. The fourth-order valence-corrected chi connectivity index (χ4v) is 2.25. The second-order valence-corrected chi connectivity index (χ2v) is 5.35. The fraction of sp³-hybridized carbons (Fsp3) is 0.200. The van der Waals surface area contributed by atoms with Gasteiger partial charge in [0.25, 0.3) is 0 Å². The van der Waals surface area contributed by atoms with Crippen LogP contribution in [0.1, 0.15) is 24.0 Å². The second-order valence-electron chi connectivity index (χ2n) is 4.50. The zero-order valence-electron chi connectivity index (χ0n) is 11.0. The van der Waals surface area contributed by atoms with Crippen molar-refractivity contribution >= 4 is 27.7 Å². The molecule has 1 aromatic heterocycles. The maximum absolute atomic E-state index is 10.9. The van der Waals surface area contributed by atoms with Crippen LogP contribution in [0.25, 0.3) is 0 Å². The van der Waals surface area contributed by atoms with Gasteiger partial charge in [-0.1, -0.05) is 30.3 Å². The molecule has 1 aromatic carbocycles. The van der Waals surface area contributed by atoms with Crippen LogP contribution in [0.2, 0.25) is 0 Å². The molecule has 0 bridgehead atoms. The van der Waals surface area contributed by atoms with Gasteiger partial charge in [0.05, 0.1) is 10.4 Å². The Bertz CT molecular complexity index is 602. The summed E-state index contributed by atoms with van der Waals surface area (Å²) in [5.74, 6) is -0.721. The summed E-state index contributed by atoms with van der Waals surface area (Å²) in [5, 5.41) is 12.2. The minimum Gasteiger partial charge on any atom is -0.481 e. The minimum atomic E-state index is -0.858. The SMILES string of the molecule is CC(C(=O)O)c1cnc(NCc2ccccc2)c(Br)c1. The molecule has 2 rings (SSSR count). The Morgan fingerprint density at radius 3 is 2.70 bits per heavy atom. The van der Waals surface area contributed by atoms with Gasteiger partial charge in [0.15, 0.2) is 0 Å². The lowest BCUT2D eigenvalue weighted by molar-refractivity contribution is -0.138. The Balaban J connectivity index is 2.08. The number of carboxylic acids is 1. The number of rotatable bonds is 5. The summed E-state index contributed by atoms with van der Waals surface area (Å²) in [6, 6.07) is 11.8. The molecule has 2 N–H and O–H groups in total. The van der Waals surface area contributed by atoms with E-state index in [-0.39, 0.29) is 0 Å². The molecular weight excluding hydrogens is 320 g/mol. The molecule has 0 spiro atoms. The van der Waals surface area contributed by atoms with E-state index in [0.29, 0.717) is 17.9 Å². The Morgan fingerprint density at radius 2 is 2.10 bits per heavy atom. The van der Waals surface area contributed by atoms with Crippen molar-refractivity contribution in [2.45, 2.75) is 19.4 Å². The molecule has 1 heterocycles. The molecule has 1 atom stereocenters. The Kier molecular flexibility index (Phi) is 4.74. The van der Waals surface area contributed by atoms with Gasteiger partial charge >= 0.3 is 5.97 Å². The molecule has 0 radical (unpaired) electrons. The number of benzene rings is 1. The lowest BCUT2D eigenvalue weighted by atomic mass is 10.0. The predicted octanol–water partition coefficient (Wildman–Crippen LogP) is 3.64. The second kappa shape index (κ2) is 6.52. The van der Waals surface area contributed by atoms with Crippen LogP contribution < -0.4 is 5.32 Å². The number of halogens is 1. The highest BCUT2D eigenvalue weighted by Gasteiger charge is 2.15. The fourth-order valence-electron chi connectivity index (χ4n) is 1.74. The number of hydrogen-bond donors (Lipinski definition) is 2. The Morgan fingerprint density at radius 1 is 1.40 bits per heavy atom. The lowest BCUT2D eigenvalue weighted by Crippen LogP contribution is -2.09. The monoisotopic (exact) mass is 334 g/mol. The van der Waals surface area contributed by atoms with Crippen LogP contribution in [0, 0.1) is 0 Å². The summed E-state index contributed by atoms with van der Waals surface area (Å²) in [5.41, 5.74) is 1.83. The third kappa shape index (κ3) is 3.57. The quantitative estimate of drug-likeness (QED) is 0.876. The van der Waals surface area contributed by atoms with Crippen molar-refractivity contribution in [3.63, 3.8) is 0 Å². The van der Waals surface area contributed by atoms with Crippen LogP contribution in [0.5, 0.6) is 0 Å². The summed E-state index contributed by atoms with van der Waals surface area (Å²) in [6.45, 7) is 2.31. The number of nitrogens with zero attached hydrogens (tertiary/aromatic N) is 1. The van der Waals surface area contributed by atoms with E-state index in [1.807, 2.05) is 30.3 Å². The van der Waals surface area contributed by atoms with E-state index in [4.69, 9.17) is 5.11 Å². The van der Waals surface area contributed by atoms with Crippen LogP contribution in [0.3, 0.4) is 0 Å². The Hall–Kier alpha value is -1.88. The first-order valence-electron chi connectivity index (χ1n) is 6.24. The highest BCUT2D eigenvalue weighted by atomic mass is 79.9. The number of pyridine rings is 1. The molecule has 5 heteroatoms. The lowest BCUT2D eigenvalue weighted by Gasteiger charge is -2.11. The highest BCUT2D eigenvalue weighted by Crippen LogP contribution is 2.25. The van der Waals surface area contributed by atoms with Gasteiger partial charge in [-0.25, -0.2) is 4.98 Å². The van der Waals surface area contributed by atoms with Crippen molar-refractivity contribution in [1.82, 2.24) is 4.98 Å². The molecule has 1 unspecified atom stereocenters. The maximum atomic E-state index is 10.9. The first-order chi connectivity index (χ1) is 9.58. The van der Waals surface area contributed by atoms with Gasteiger partial charge in [0, 0.05) is 12.7 Å².